The third-order valence-corrected chi connectivity index (χ3v) is 3.71. The quantitative estimate of drug-likeness (QED) is 0.595. The minimum atomic E-state index is 0.826. The molecular formula is C19H24N2O. The average molecular weight is 296 g/mol. The Morgan fingerprint density at radius 3 is 2.14 bits per heavy atom. The molecular weight excluding hydrogens is 272 g/mol. The van der Waals surface area contributed by atoms with Gasteiger partial charge in [-0.15, -0.1) is 0 Å². The lowest BCUT2D eigenvalue weighted by molar-refractivity contribution is 0.415. The van der Waals surface area contributed by atoms with E-state index in [4.69, 9.17) is 4.74 Å². The van der Waals surface area contributed by atoms with Gasteiger partial charge in [0.1, 0.15) is 5.75 Å². The van der Waals surface area contributed by atoms with Gasteiger partial charge in [-0.05, 0) is 67.6 Å². The van der Waals surface area contributed by atoms with Gasteiger partial charge in [-0.1, -0.05) is 25.5 Å². The molecule has 0 amide bonds. The van der Waals surface area contributed by atoms with Gasteiger partial charge in [0.2, 0.25) is 0 Å². The largest absolute Gasteiger partial charge is 0.497 e. The monoisotopic (exact) mass is 296 g/mol. The smallest absolute Gasteiger partial charge is 0.119 e. The molecule has 0 atom stereocenters. The summed E-state index contributed by atoms with van der Waals surface area (Å²) in [6.07, 6.45) is 3.58. The maximum atomic E-state index is 5.14. The van der Waals surface area contributed by atoms with Crippen molar-refractivity contribution >= 4 is 11.4 Å². The van der Waals surface area contributed by atoms with Crippen LogP contribution in [-0.2, 0) is 6.42 Å². The maximum Gasteiger partial charge on any atom is 0.119 e. The highest BCUT2D eigenvalue weighted by molar-refractivity contribution is 5.54. The van der Waals surface area contributed by atoms with Crippen LogP contribution >= 0.6 is 0 Å². The van der Waals surface area contributed by atoms with E-state index in [-0.39, 0.29) is 0 Å². The van der Waals surface area contributed by atoms with Crippen LogP contribution in [0.3, 0.4) is 0 Å². The Morgan fingerprint density at radius 1 is 0.955 bits per heavy atom. The van der Waals surface area contributed by atoms with Crippen LogP contribution < -0.4 is 4.74 Å². The predicted molar refractivity (Wildman–Crippen MR) is 91.7 cm³/mol. The standard InChI is InChI=1S/C19H24N2O/c1-5-6-7-16-12-14(2)19(15(3)13-16)21-20-17-8-10-18(22-4)11-9-17/h8-13H,5-7H2,1-4H3. The molecule has 3 heteroatoms. The molecule has 116 valence electrons. The Kier molecular flexibility index (Phi) is 5.70. The molecule has 0 radical (unpaired) electrons. The van der Waals surface area contributed by atoms with E-state index >= 15 is 0 Å². The predicted octanol–water partition coefficient (Wildman–Crippen LogP) is 6.07. The first kappa shape index (κ1) is 16.2. The highest BCUT2D eigenvalue weighted by Gasteiger charge is 2.04. The summed E-state index contributed by atoms with van der Waals surface area (Å²) in [5, 5.41) is 8.77. The fraction of sp³-hybridized carbons (Fsp3) is 0.368. The number of nitrogens with zero attached hydrogens (tertiary/aromatic N) is 2. The number of aryl methyl sites for hydroxylation is 3. The van der Waals surface area contributed by atoms with Crippen LogP contribution in [0.5, 0.6) is 5.75 Å². The zero-order chi connectivity index (χ0) is 15.9. The van der Waals surface area contributed by atoms with Gasteiger partial charge in [0.05, 0.1) is 18.5 Å². The van der Waals surface area contributed by atoms with Crippen molar-refractivity contribution in [3.63, 3.8) is 0 Å². The molecule has 0 heterocycles. The number of methoxy groups -OCH3 is 1. The fourth-order valence-corrected chi connectivity index (χ4v) is 2.49. The van der Waals surface area contributed by atoms with E-state index in [2.05, 4.69) is 43.1 Å². The van der Waals surface area contributed by atoms with E-state index in [1.165, 1.54) is 29.5 Å². The van der Waals surface area contributed by atoms with Crippen molar-refractivity contribution in [3.05, 3.63) is 53.1 Å². The van der Waals surface area contributed by atoms with Gasteiger partial charge in [0.15, 0.2) is 0 Å². The van der Waals surface area contributed by atoms with Crippen LogP contribution in [0.1, 0.15) is 36.5 Å². The minimum Gasteiger partial charge on any atom is -0.497 e. The normalized spacial score (nSPS) is 11.1. The van der Waals surface area contributed by atoms with E-state index < -0.39 is 0 Å². The van der Waals surface area contributed by atoms with Crippen LogP contribution in [0.15, 0.2) is 46.6 Å². The molecule has 0 aromatic heterocycles. The molecule has 0 aliphatic rings. The Labute approximate surface area is 133 Å². The summed E-state index contributed by atoms with van der Waals surface area (Å²) in [5.74, 6) is 0.826. The molecule has 0 N–H and O–H groups in total. The Balaban J connectivity index is 2.19. The van der Waals surface area contributed by atoms with E-state index in [1.54, 1.807) is 7.11 Å². The van der Waals surface area contributed by atoms with Crippen LogP contribution in [0, 0.1) is 13.8 Å². The lowest BCUT2D eigenvalue weighted by Crippen LogP contribution is -1.89. The lowest BCUT2D eigenvalue weighted by Gasteiger charge is -2.08. The second-order valence-electron chi connectivity index (χ2n) is 5.58. The zero-order valence-electron chi connectivity index (χ0n) is 13.9. The third kappa shape index (κ3) is 4.17. The maximum absolute atomic E-state index is 5.14. The minimum absolute atomic E-state index is 0.826. The summed E-state index contributed by atoms with van der Waals surface area (Å²) in [7, 11) is 1.66. The van der Waals surface area contributed by atoms with Crippen LogP contribution in [-0.4, -0.2) is 7.11 Å². The van der Waals surface area contributed by atoms with Gasteiger partial charge in [0, 0.05) is 0 Å². The van der Waals surface area contributed by atoms with Crippen LogP contribution in [0.4, 0.5) is 11.4 Å². The van der Waals surface area contributed by atoms with Crippen LogP contribution in [0.25, 0.3) is 0 Å². The highest BCUT2D eigenvalue weighted by atomic mass is 16.5. The summed E-state index contributed by atoms with van der Waals surface area (Å²) in [4.78, 5) is 0. The van der Waals surface area contributed by atoms with Gasteiger partial charge >= 0.3 is 0 Å². The SMILES string of the molecule is CCCCc1cc(C)c(N=Nc2ccc(OC)cc2)c(C)c1. The number of ether oxygens (including phenoxy) is 1. The van der Waals surface area contributed by atoms with Gasteiger partial charge in [-0.2, -0.15) is 10.2 Å². The van der Waals surface area contributed by atoms with Gasteiger partial charge in [-0.25, -0.2) is 0 Å². The molecule has 3 nitrogen and oxygen atoms in total. The molecule has 22 heavy (non-hydrogen) atoms. The topological polar surface area (TPSA) is 34.0 Å². The molecule has 0 aliphatic heterocycles. The number of rotatable bonds is 6. The van der Waals surface area contributed by atoms with E-state index in [0.717, 1.165) is 23.5 Å². The molecule has 0 fully saturated rings. The van der Waals surface area contributed by atoms with Crippen molar-refractivity contribution in [3.8, 4) is 5.75 Å². The summed E-state index contributed by atoms with van der Waals surface area (Å²) in [6.45, 7) is 6.42. The Hall–Kier alpha value is -2.16. The zero-order valence-corrected chi connectivity index (χ0v) is 13.9. The van der Waals surface area contributed by atoms with Gasteiger partial charge in [0.25, 0.3) is 0 Å². The van der Waals surface area contributed by atoms with Crippen LogP contribution in [0.2, 0.25) is 0 Å². The molecule has 0 spiro atoms. The summed E-state index contributed by atoms with van der Waals surface area (Å²) >= 11 is 0. The highest BCUT2D eigenvalue weighted by Crippen LogP contribution is 2.28. The lowest BCUT2D eigenvalue weighted by atomic mass is 10.0. The van der Waals surface area contributed by atoms with E-state index in [0.29, 0.717) is 0 Å². The Morgan fingerprint density at radius 2 is 1.59 bits per heavy atom. The molecule has 0 unspecified atom stereocenters. The fourth-order valence-electron chi connectivity index (χ4n) is 2.49. The molecule has 0 aliphatic carbocycles. The van der Waals surface area contributed by atoms with E-state index in [9.17, 15) is 0 Å². The van der Waals surface area contributed by atoms with Crippen molar-refractivity contribution in [2.24, 2.45) is 10.2 Å². The third-order valence-electron chi connectivity index (χ3n) is 3.71. The molecule has 2 aromatic carbocycles. The van der Waals surface area contributed by atoms with E-state index in [1.807, 2.05) is 24.3 Å². The summed E-state index contributed by atoms with van der Waals surface area (Å²) in [5.41, 5.74) is 5.55. The number of hydrogen-bond donors (Lipinski definition) is 0. The second-order valence-corrected chi connectivity index (χ2v) is 5.58. The van der Waals surface area contributed by atoms with Crippen molar-refractivity contribution in [2.45, 2.75) is 40.0 Å². The van der Waals surface area contributed by atoms with Gasteiger partial charge < -0.3 is 4.74 Å². The molecule has 0 saturated heterocycles. The molecule has 0 bridgehead atoms. The number of azo groups is 1. The number of benzene rings is 2. The molecule has 0 saturated carbocycles. The Bertz CT molecular complexity index is 622. The second kappa shape index (κ2) is 7.74. The summed E-state index contributed by atoms with van der Waals surface area (Å²) < 4.78 is 5.14. The van der Waals surface area contributed by atoms with Crippen molar-refractivity contribution in [2.75, 3.05) is 7.11 Å². The first-order valence-electron chi connectivity index (χ1n) is 7.80. The molecule has 2 rings (SSSR count). The summed E-state index contributed by atoms with van der Waals surface area (Å²) in [6, 6.07) is 12.0. The first-order valence-corrected chi connectivity index (χ1v) is 7.80. The molecule has 2 aromatic rings. The average Bonchev–Trinajstić information content (AvgIpc) is 2.52. The number of unbranched alkanes of at least 4 members (excludes halogenated alkanes) is 1. The van der Waals surface area contributed by atoms with Gasteiger partial charge in [-0.3, -0.25) is 0 Å². The van der Waals surface area contributed by atoms with Crippen molar-refractivity contribution in [1.82, 2.24) is 0 Å². The first-order chi connectivity index (χ1) is 10.6. The van der Waals surface area contributed by atoms with Crippen molar-refractivity contribution in [1.29, 1.82) is 0 Å². The number of hydrogen-bond acceptors (Lipinski definition) is 3. The van der Waals surface area contributed by atoms with Crippen molar-refractivity contribution < 1.29 is 4.74 Å².